The Kier molecular flexibility index (Phi) is 2.33. The summed E-state index contributed by atoms with van der Waals surface area (Å²) in [4.78, 5) is 3.91. The van der Waals surface area contributed by atoms with E-state index in [-0.39, 0.29) is 23.3 Å². The predicted octanol–water partition coefficient (Wildman–Crippen LogP) is 2.24. The van der Waals surface area contributed by atoms with Crippen LogP contribution in [-0.2, 0) is 0 Å². The molecule has 1 aromatic heterocycles. The average molecular weight is 217 g/mol. The summed E-state index contributed by atoms with van der Waals surface area (Å²) in [6, 6.07) is 6.01. The highest BCUT2D eigenvalue weighted by Gasteiger charge is 2.13. The summed E-state index contributed by atoms with van der Waals surface area (Å²) in [6.45, 7) is 1.73. The fourth-order valence-corrected chi connectivity index (χ4v) is 1.39. The van der Waals surface area contributed by atoms with Crippen LogP contribution in [0.4, 0.5) is 10.3 Å². The predicted molar refractivity (Wildman–Crippen MR) is 55.8 cm³/mol. The highest BCUT2D eigenvalue weighted by Crippen LogP contribution is 2.26. The van der Waals surface area contributed by atoms with E-state index in [2.05, 4.69) is 4.98 Å². The van der Waals surface area contributed by atoms with Gasteiger partial charge in [0.05, 0.1) is 0 Å². The van der Waals surface area contributed by atoms with Crippen LogP contribution in [0.5, 0.6) is 0 Å². The Labute approximate surface area is 91.1 Å². The molecule has 2 N–H and O–H groups in total. The van der Waals surface area contributed by atoms with Gasteiger partial charge in [0.15, 0.2) is 0 Å². The van der Waals surface area contributed by atoms with Crippen molar-refractivity contribution in [1.82, 2.24) is 4.98 Å². The Bertz CT molecular complexity index is 583. The smallest absolute Gasteiger partial charge is 0.230 e. The summed E-state index contributed by atoms with van der Waals surface area (Å²) in [6.07, 6.45) is 0. The second-order valence-corrected chi connectivity index (χ2v) is 3.30. The SMILES string of the molecule is Cc1cc(F)ccc1-c1nc(C#N)c(N)o1. The largest absolute Gasteiger partial charge is 0.419 e. The zero-order valence-electron chi connectivity index (χ0n) is 8.49. The van der Waals surface area contributed by atoms with E-state index in [0.29, 0.717) is 11.1 Å². The van der Waals surface area contributed by atoms with Gasteiger partial charge in [-0.25, -0.2) is 4.39 Å². The van der Waals surface area contributed by atoms with Crippen LogP contribution in [0.25, 0.3) is 11.5 Å². The second-order valence-electron chi connectivity index (χ2n) is 3.30. The fraction of sp³-hybridized carbons (Fsp3) is 0.0909. The first-order valence-corrected chi connectivity index (χ1v) is 4.54. The zero-order chi connectivity index (χ0) is 11.7. The maximum Gasteiger partial charge on any atom is 0.230 e. The third-order valence-electron chi connectivity index (χ3n) is 2.18. The van der Waals surface area contributed by atoms with Crippen LogP contribution in [0, 0.1) is 24.1 Å². The first kappa shape index (κ1) is 10.2. The molecular weight excluding hydrogens is 209 g/mol. The molecule has 4 nitrogen and oxygen atoms in total. The number of nitrogens with two attached hydrogens (primary N) is 1. The third kappa shape index (κ3) is 1.61. The van der Waals surface area contributed by atoms with Crippen LogP contribution >= 0.6 is 0 Å². The van der Waals surface area contributed by atoms with Crippen LogP contribution in [0.1, 0.15) is 11.3 Å². The molecule has 2 rings (SSSR count). The minimum atomic E-state index is -0.332. The standard InChI is InChI=1S/C11H8FN3O/c1-6-4-7(12)2-3-8(6)11-15-9(5-13)10(14)16-11/h2-4H,14H2,1H3. The number of hydrogen-bond acceptors (Lipinski definition) is 4. The van der Waals surface area contributed by atoms with Crippen LogP contribution in [0.3, 0.4) is 0 Å². The molecule has 80 valence electrons. The Morgan fingerprint density at radius 3 is 2.81 bits per heavy atom. The number of nitrogens with zero attached hydrogens (tertiary/aromatic N) is 2. The topological polar surface area (TPSA) is 75.8 Å². The van der Waals surface area contributed by atoms with E-state index >= 15 is 0 Å². The second kappa shape index (κ2) is 3.66. The number of oxazole rings is 1. The normalized spacial score (nSPS) is 10.1. The van der Waals surface area contributed by atoms with E-state index in [1.165, 1.54) is 18.2 Å². The molecule has 0 saturated heterocycles. The van der Waals surface area contributed by atoms with Gasteiger partial charge in [0.1, 0.15) is 11.9 Å². The molecule has 0 aliphatic heterocycles. The van der Waals surface area contributed by atoms with Crippen molar-refractivity contribution in [3.63, 3.8) is 0 Å². The highest BCUT2D eigenvalue weighted by atomic mass is 19.1. The number of halogens is 1. The van der Waals surface area contributed by atoms with Crippen molar-refractivity contribution >= 4 is 5.88 Å². The maximum absolute atomic E-state index is 12.9. The third-order valence-corrected chi connectivity index (χ3v) is 2.18. The molecule has 5 heteroatoms. The molecule has 0 amide bonds. The van der Waals surface area contributed by atoms with E-state index in [0.717, 1.165) is 0 Å². The minimum absolute atomic E-state index is 0.0266. The molecule has 16 heavy (non-hydrogen) atoms. The van der Waals surface area contributed by atoms with Gasteiger partial charge < -0.3 is 10.2 Å². The lowest BCUT2D eigenvalue weighted by Gasteiger charge is -2.00. The average Bonchev–Trinajstić information content (AvgIpc) is 2.59. The zero-order valence-corrected chi connectivity index (χ0v) is 8.49. The summed E-state index contributed by atoms with van der Waals surface area (Å²) in [5.41, 5.74) is 6.78. The quantitative estimate of drug-likeness (QED) is 0.794. The lowest BCUT2D eigenvalue weighted by Crippen LogP contribution is -1.85. The Hall–Kier alpha value is -2.35. The van der Waals surface area contributed by atoms with Gasteiger partial charge in [-0.15, -0.1) is 0 Å². The van der Waals surface area contributed by atoms with E-state index in [1.54, 1.807) is 6.92 Å². The molecule has 0 spiro atoms. The molecule has 0 bridgehead atoms. The Morgan fingerprint density at radius 1 is 1.50 bits per heavy atom. The van der Waals surface area contributed by atoms with Crippen molar-refractivity contribution in [2.45, 2.75) is 6.92 Å². The maximum atomic E-state index is 12.9. The summed E-state index contributed by atoms with van der Waals surface area (Å²) in [7, 11) is 0. The molecule has 0 atom stereocenters. The van der Waals surface area contributed by atoms with Crippen molar-refractivity contribution in [3.05, 3.63) is 35.3 Å². The van der Waals surface area contributed by atoms with Gasteiger partial charge in [-0.1, -0.05) is 0 Å². The molecule has 2 aromatic rings. The van der Waals surface area contributed by atoms with Gasteiger partial charge in [0.2, 0.25) is 17.5 Å². The number of nitrogen functional groups attached to an aromatic ring is 1. The first-order chi connectivity index (χ1) is 7.61. The monoisotopic (exact) mass is 217 g/mol. The van der Waals surface area contributed by atoms with Gasteiger partial charge in [-0.2, -0.15) is 10.2 Å². The van der Waals surface area contributed by atoms with Crippen molar-refractivity contribution in [3.8, 4) is 17.5 Å². The lowest BCUT2D eigenvalue weighted by atomic mass is 10.1. The Morgan fingerprint density at radius 2 is 2.25 bits per heavy atom. The number of nitriles is 1. The van der Waals surface area contributed by atoms with Crippen molar-refractivity contribution in [1.29, 1.82) is 5.26 Å². The van der Waals surface area contributed by atoms with E-state index < -0.39 is 0 Å². The molecular formula is C11H8FN3O. The first-order valence-electron chi connectivity index (χ1n) is 4.54. The van der Waals surface area contributed by atoms with Crippen molar-refractivity contribution in [2.75, 3.05) is 5.73 Å². The van der Waals surface area contributed by atoms with Crippen LogP contribution in [0.15, 0.2) is 22.6 Å². The number of benzene rings is 1. The van der Waals surface area contributed by atoms with Crippen LogP contribution in [0.2, 0.25) is 0 Å². The summed E-state index contributed by atoms with van der Waals surface area (Å²) < 4.78 is 18.0. The summed E-state index contributed by atoms with van der Waals surface area (Å²) in [5.74, 6) is -0.131. The molecule has 1 heterocycles. The summed E-state index contributed by atoms with van der Waals surface area (Å²) in [5, 5.41) is 8.68. The molecule has 0 fully saturated rings. The lowest BCUT2D eigenvalue weighted by molar-refractivity contribution is 0.592. The molecule has 1 aromatic carbocycles. The molecule has 0 unspecified atom stereocenters. The van der Waals surface area contributed by atoms with E-state index in [4.69, 9.17) is 15.4 Å². The number of hydrogen-bond donors (Lipinski definition) is 1. The highest BCUT2D eigenvalue weighted by molar-refractivity contribution is 5.61. The van der Waals surface area contributed by atoms with E-state index in [9.17, 15) is 4.39 Å². The van der Waals surface area contributed by atoms with Crippen LogP contribution < -0.4 is 5.73 Å². The van der Waals surface area contributed by atoms with Gasteiger partial charge in [0, 0.05) is 5.56 Å². The van der Waals surface area contributed by atoms with Crippen molar-refractivity contribution in [2.24, 2.45) is 0 Å². The molecule has 0 radical (unpaired) electrons. The number of anilines is 1. The van der Waals surface area contributed by atoms with Crippen molar-refractivity contribution < 1.29 is 8.81 Å². The minimum Gasteiger partial charge on any atom is -0.419 e. The van der Waals surface area contributed by atoms with Gasteiger partial charge in [0.25, 0.3) is 0 Å². The Balaban J connectivity index is 2.55. The van der Waals surface area contributed by atoms with Gasteiger partial charge in [-0.05, 0) is 30.7 Å². The number of aromatic nitrogens is 1. The molecule has 0 aliphatic rings. The molecule has 0 aliphatic carbocycles. The van der Waals surface area contributed by atoms with E-state index in [1.807, 2.05) is 6.07 Å². The van der Waals surface area contributed by atoms with Gasteiger partial charge in [-0.3, -0.25) is 0 Å². The number of aryl methyl sites for hydroxylation is 1. The van der Waals surface area contributed by atoms with Crippen LogP contribution in [-0.4, -0.2) is 4.98 Å². The van der Waals surface area contributed by atoms with Gasteiger partial charge >= 0.3 is 0 Å². The fourth-order valence-electron chi connectivity index (χ4n) is 1.39. The summed E-state index contributed by atoms with van der Waals surface area (Å²) >= 11 is 0. The number of rotatable bonds is 1. The molecule has 0 saturated carbocycles.